The minimum atomic E-state index is 0.204. The lowest BCUT2D eigenvalue weighted by Crippen LogP contribution is -2.57. The van der Waals surface area contributed by atoms with Gasteiger partial charge in [-0.25, -0.2) is 0 Å². The van der Waals surface area contributed by atoms with Crippen molar-refractivity contribution in [3.8, 4) is 0 Å². The molecule has 1 rings (SSSR count). The summed E-state index contributed by atoms with van der Waals surface area (Å²) in [6.45, 7) is 6.09. The van der Waals surface area contributed by atoms with Crippen LogP contribution in [0.25, 0.3) is 0 Å². The van der Waals surface area contributed by atoms with Crippen LogP contribution in [0.2, 0.25) is 0 Å². The molecule has 0 aromatic rings. The lowest BCUT2D eigenvalue weighted by Gasteiger charge is -2.44. The van der Waals surface area contributed by atoms with E-state index in [1.54, 1.807) is 0 Å². The first-order chi connectivity index (χ1) is 7.49. The van der Waals surface area contributed by atoms with Crippen molar-refractivity contribution < 1.29 is 0 Å². The van der Waals surface area contributed by atoms with Gasteiger partial charge in [0.2, 0.25) is 0 Å². The van der Waals surface area contributed by atoms with E-state index in [0.717, 1.165) is 6.42 Å². The molecule has 0 radical (unpaired) electrons. The van der Waals surface area contributed by atoms with Gasteiger partial charge in [0.1, 0.15) is 0 Å². The maximum atomic E-state index is 6.45. The number of nitrogens with zero attached hydrogens (tertiary/aromatic N) is 1. The molecule has 1 aliphatic carbocycles. The van der Waals surface area contributed by atoms with Gasteiger partial charge in [0.15, 0.2) is 0 Å². The Morgan fingerprint density at radius 3 is 2.12 bits per heavy atom. The number of hydrogen-bond acceptors (Lipinski definition) is 2. The molecule has 1 fully saturated rings. The molecule has 0 saturated heterocycles. The minimum absolute atomic E-state index is 0.204. The Morgan fingerprint density at radius 2 is 1.75 bits per heavy atom. The van der Waals surface area contributed by atoms with Crippen LogP contribution >= 0.6 is 0 Å². The summed E-state index contributed by atoms with van der Waals surface area (Å²) in [4.78, 5) is 2.37. The van der Waals surface area contributed by atoms with E-state index in [-0.39, 0.29) is 11.6 Å². The first-order valence-corrected chi connectivity index (χ1v) is 6.56. The van der Waals surface area contributed by atoms with E-state index in [0.29, 0.717) is 0 Å². The molecule has 1 saturated carbocycles. The Kier molecular flexibility index (Phi) is 5.00. The third-order valence-corrected chi connectivity index (χ3v) is 4.12. The van der Waals surface area contributed by atoms with Gasteiger partial charge in [-0.05, 0) is 40.3 Å². The van der Waals surface area contributed by atoms with Crippen molar-refractivity contribution in [2.75, 3.05) is 14.1 Å². The largest absolute Gasteiger partial charge is 0.326 e. The van der Waals surface area contributed by atoms with Crippen molar-refractivity contribution in [1.82, 2.24) is 4.90 Å². The Labute approximate surface area is 101 Å². The predicted octanol–water partition coefficient (Wildman–Crippen LogP) is 2.93. The normalized spacial score (nSPS) is 22.8. The van der Waals surface area contributed by atoms with Crippen LogP contribution in [0.15, 0.2) is 12.2 Å². The first kappa shape index (κ1) is 13.7. The number of rotatable bonds is 4. The fourth-order valence-corrected chi connectivity index (χ4v) is 3.06. The van der Waals surface area contributed by atoms with Gasteiger partial charge in [-0.1, -0.05) is 31.3 Å². The highest BCUT2D eigenvalue weighted by atomic mass is 15.2. The molecular formula is C14H28N2. The monoisotopic (exact) mass is 224 g/mol. The van der Waals surface area contributed by atoms with Gasteiger partial charge in [-0.15, -0.1) is 6.58 Å². The quantitative estimate of drug-likeness (QED) is 0.587. The van der Waals surface area contributed by atoms with Crippen molar-refractivity contribution in [2.24, 2.45) is 5.73 Å². The molecule has 0 aromatic heterocycles. The van der Waals surface area contributed by atoms with Gasteiger partial charge in [0.05, 0.1) is 0 Å². The van der Waals surface area contributed by atoms with Gasteiger partial charge >= 0.3 is 0 Å². The van der Waals surface area contributed by atoms with Crippen molar-refractivity contribution in [3.63, 3.8) is 0 Å². The molecule has 1 aliphatic rings. The van der Waals surface area contributed by atoms with E-state index in [1.807, 2.05) is 0 Å². The average Bonchev–Trinajstić information content (AvgIpc) is 2.42. The highest BCUT2D eigenvalue weighted by Gasteiger charge is 2.38. The molecule has 1 atom stereocenters. The van der Waals surface area contributed by atoms with Crippen LogP contribution in [0.4, 0.5) is 0 Å². The Hall–Kier alpha value is -0.340. The molecule has 0 aromatic carbocycles. The maximum Gasteiger partial charge on any atom is 0.0357 e. The Bertz CT molecular complexity index is 225. The molecule has 0 aliphatic heterocycles. The molecule has 1 unspecified atom stereocenters. The van der Waals surface area contributed by atoms with Gasteiger partial charge in [0, 0.05) is 11.6 Å². The summed E-state index contributed by atoms with van der Waals surface area (Å²) in [6.07, 6.45) is 8.83. The molecule has 0 amide bonds. The summed E-state index contributed by atoms with van der Waals surface area (Å²) in [5, 5.41) is 0. The summed E-state index contributed by atoms with van der Waals surface area (Å²) >= 11 is 0. The molecule has 0 bridgehead atoms. The van der Waals surface area contributed by atoms with Crippen LogP contribution in [0.1, 0.15) is 51.9 Å². The summed E-state index contributed by atoms with van der Waals surface area (Å²) in [5.74, 6) is 0. The minimum Gasteiger partial charge on any atom is -0.326 e. The average molecular weight is 224 g/mol. The van der Waals surface area contributed by atoms with E-state index in [9.17, 15) is 0 Å². The van der Waals surface area contributed by atoms with Gasteiger partial charge < -0.3 is 10.6 Å². The third kappa shape index (κ3) is 3.08. The highest BCUT2D eigenvalue weighted by Crippen LogP contribution is 2.35. The van der Waals surface area contributed by atoms with Crippen LogP contribution in [0, 0.1) is 0 Å². The van der Waals surface area contributed by atoms with Crippen molar-refractivity contribution in [2.45, 2.75) is 63.5 Å². The van der Waals surface area contributed by atoms with Crippen LogP contribution in [0.3, 0.4) is 0 Å². The molecule has 0 heterocycles. The summed E-state index contributed by atoms with van der Waals surface area (Å²) in [6, 6.07) is 0.234. The molecule has 16 heavy (non-hydrogen) atoms. The van der Waals surface area contributed by atoms with E-state index in [2.05, 4.69) is 32.5 Å². The Morgan fingerprint density at radius 1 is 1.25 bits per heavy atom. The third-order valence-electron chi connectivity index (χ3n) is 4.12. The van der Waals surface area contributed by atoms with E-state index in [4.69, 9.17) is 5.73 Å². The molecule has 2 nitrogen and oxygen atoms in total. The van der Waals surface area contributed by atoms with Gasteiger partial charge in [0.25, 0.3) is 0 Å². The zero-order valence-corrected chi connectivity index (χ0v) is 11.3. The zero-order chi connectivity index (χ0) is 12.2. The second-order valence-electron chi connectivity index (χ2n) is 5.68. The molecule has 2 N–H and O–H groups in total. The van der Waals surface area contributed by atoms with Crippen LogP contribution in [-0.4, -0.2) is 30.6 Å². The summed E-state index contributed by atoms with van der Waals surface area (Å²) < 4.78 is 0. The summed E-state index contributed by atoms with van der Waals surface area (Å²) in [5.41, 5.74) is 7.86. The molecule has 94 valence electrons. The maximum absolute atomic E-state index is 6.45. The highest BCUT2D eigenvalue weighted by molar-refractivity contribution is 5.04. The number of hydrogen-bond donors (Lipinski definition) is 1. The van der Waals surface area contributed by atoms with Gasteiger partial charge in [-0.3, -0.25) is 0 Å². The first-order valence-electron chi connectivity index (χ1n) is 6.56. The number of nitrogens with two attached hydrogens (primary N) is 1. The standard InChI is InChI=1S/C14H28N2/c1-12(2)11-13(15)14(16(3)4)9-7-5-6-8-10-14/h13H,1,5-11,15H2,2-4H3. The molecule has 2 heteroatoms. The van der Waals surface area contributed by atoms with Crippen LogP contribution in [-0.2, 0) is 0 Å². The Balaban J connectivity index is 2.80. The predicted molar refractivity (Wildman–Crippen MR) is 71.5 cm³/mol. The molecule has 0 spiro atoms. The zero-order valence-electron chi connectivity index (χ0n) is 11.3. The summed E-state index contributed by atoms with van der Waals surface area (Å²) in [7, 11) is 4.37. The second kappa shape index (κ2) is 5.83. The van der Waals surface area contributed by atoms with E-state index < -0.39 is 0 Å². The van der Waals surface area contributed by atoms with Crippen LogP contribution < -0.4 is 5.73 Å². The van der Waals surface area contributed by atoms with Crippen molar-refractivity contribution in [3.05, 3.63) is 12.2 Å². The van der Waals surface area contributed by atoms with Crippen molar-refractivity contribution in [1.29, 1.82) is 0 Å². The van der Waals surface area contributed by atoms with Crippen molar-refractivity contribution >= 4 is 0 Å². The fourth-order valence-electron chi connectivity index (χ4n) is 3.06. The second-order valence-corrected chi connectivity index (χ2v) is 5.68. The number of likely N-dealkylation sites (N-methyl/N-ethyl adjacent to an activating group) is 1. The molecular weight excluding hydrogens is 196 g/mol. The van der Waals surface area contributed by atoms with Gasteiger partial charge in [-0.2, -0.15) is 0 Å². The van der Waals surface area contributed by atoms with Crippen LogP contribution in [0.5, 0.6) is 0 Å². The fraction of sp³-hybridized carbons (Fsp3) is 0.857. The smallest absolute Gasteiger partial charge is 0.0357 e. The van der Waals surface area contributed by atoms with E-state index >= 15 is 0 Å². The SMILES string of the molecule is C=C(C)CC(N)C1(N(C)C)CCCCCC1. The topological polar surface area (TPSA) is 29.3 Å². The lowest BCUT2D eigenvalue weighted by atomic mass is 9.79. The lowest BCUT2D eigenvalue weighted by molar-refractivity contribution is 0.0968. The van der Waals surface area contributed by atoms with E-state index in [1.165, 1.54) is 44.1 Å².